The third-order valence-corrected chi connectivity index (χ3v) is 6.20. The van der Waals surface area contributed by atoms with Crippen molar-refractivity contribution in [1.82, 2.24) is 0 Å². The predicted molar refractivity (Wildman–Crippen MR) is 101 cm³/mol. The van der Waals surface area contributed by atoms with Crippen molar-refractivity contribution < 1.29 is 31.1 Å². The molecule has 1 unspecified atom stereocenters. The number of thioether (sulfide) groups is 1. The lowest BCUT2D eigenvalue weighted by molar-refractivity contribution is -0.656. The number of hydrogen-bond donors (Lipinski definition) is 1. The summed E-state index contributed by atoms with van der Waals surface area (Å²) in [6, 6.07) is 12.6. The Kier molecular flexibility index (Phi) is 5.47. The molecule has 0 amide bonds. The molecule has 2 aliphatic heterocycles. The molecule has 0 radical (unpaired) electrons. The van der Waals surface area contributed by atoms with E-state index < -0.39 is 5.72 Å². The van der Waals surface area contributed by atoms with E-state index in [2.05, 4.69) is 41.5 Å². The minimum absolute atomic E-state index is 0. The summed E-state index contributed by atoms with van der Waals surface area (Å²) in [7, 11) is 0. The molecule has 26 heavy (non-hydrogen) atoms. The summed E-state index contributed by atoms with van der Waals surface area (Å²) in [5.41, 5.74) is 3.12. The van der Waals surface area contributed by atoms with Crippen LogP contribution in [0.5, 0.6) is 0 Å². The maximum Gasteiger partial charge on any atom is 0.316 e. The van der Waals surface area contributed by atoms with Crippen molar-refractivity contribution in [1.29, 1.82) is 0 Å². The Morgan fingerprint density at radius 3 is 2.62 bits per heavy atom. The van der Waals surface area contributed by atoms with Crippen LogP contribution in [0, 0.1) is 19.7 Å². The highest BCUT2D eigenvalue weighted by molar-refractivity contribution is 8.13. The minimum atomic E-state index is -1.13. The summed E-state index contributed by atoms with van der Waals surface area (Å²) in [6.45, 7) is 5.44. The van der Waals surface area contributed by atoms with Gasteiger partial charge >= 0.3 is 5.17 Å². The molecule has 4 rings (SSSR count). The van der Waals surface area contributed by atoms with Gasteiger partial charge in [-0.25, -0.2) is 13.9 Å². The molecular weight excluding hydrogens is 415 g/mol. The van der Waals surface area contributed by atoms with Gasteiger partial charge in [0.15, 0.2) is 6.54 Å². The van der Waals surface area contributed by atoms with E-state index in [1.165, 1.54) is 23.3 Å². The Morgan fingerprint density at radius 2 is 1.88 bits per heavy atom. The Bertz CT molecular complexity index is 855. The Balaban J connectivity index is 0.00000196. The van der Waals surface area contributed by atoms with Crippen molar-refractivity contribution in [3.05, 3.63) is 65.0 Å². The van der Waals surface area contributed by atoms with Gasteiger partial charge in [0.1, 0.15) is 11.5 Å². The number of aryl methyl sites for hydroxylation is 2. The first-order chi connectivity index (χ1) is 12.0. The summed E-state index contributed by atoms with van der Waals surface area (Å²) < 4.78 is 15.4. The molecule has 2 aromatic carbocycles. The largest absolute Gasteiger partial charge is 1.00 e. The van der Waals surface area contributed by atoms with Gasteiger partial charge in [0.05, 0.1) is 6.54 Å². The molecule has 0 saturated carbocycles. The van der Waals surface area contributed by atoms with Gasteiger partial charge in [0.25, 0.3) is 5.72 Å². The molecule has 0 fully saturated rings. The van der Waals surface area contributed by atoms with E-state index in [4.69, 9.17) is 0 Å². The van der Waals surface area contributed by atoms with Crippen molar-refractivity contribution in [2.24, 2.45) is 0 Å². The highest BCUT2D eigenvalue weighted by Gasteiger charge is 2.53. The second-order valence-electron chi connectivity index (χ2n) is 6.84. The minimum Gasteiger partial charge on any atom is -1.00 e. The number of halogens is 2. The van der Waals surface area contributed by atoms with E-state index in [9.17, 15) is 9.50 Å². The molecule has 2 heterocycles. The fraction of sp³-hybridized carbons (Fsp3) is 0.350. The van der Waals surface area contributed by atoms with Crippen LogP contribution in [0.4, 0.5) is 10.1 Å². The standard InChI is InChI=1S/C20H22FN2OS.BrH/c1-14-4-5-15(2)18(12-14)22-13-20(24,16-6-8-17(21)9-7-16)23-10-3-11-25-19(22)23;/h4-9,12,24H,3,10-11,13H2,1-2H3;1H/q+1;/p-1. The molecule has 0 aliphatic carbocycles. The average molecular weight is 437 g/mol. The van der Waals surface area contributed by atoms with Gasteiger partial charge in [-0.1, -0.05) is 12.1 Å². The Hall–Kier alpha value is -1.37. The lowest BCUT2D eigenvalue weighted by Crippen LogP contribution is -3.00. The third kappa shape index (κ3) is 3.19. The number of hydrogen-bond acceptors (Lipinski definition) is 3. The van der Waals surface area contributed by atoms with Crippen LogP contribution in [-0.4, -0.2) is 33.7 Å². The monoisotopic (exact) mass is 436 g/mol. The molecule has 0 saturated heterocycles. The fourth-order valence-corrected chi connectivity index (χ4v) is 4.84. The molecule has 0 spiro atoms. The van der Waals surface area contributed by atoms with E-state index in [-0.39, 0.29) is 22.8 Å². The number of aliphatic hydroxyl groups is 1. The summed E-state index contributed by atoms with van der Waals surface area (Å²) in [5, 5.41) is 12.7. The highest BCUT2D eigenvalue weighted by atomic mass is 79.9. The number of amidine groups is 1. The molecular formula is C20H22BrFN2OS. The van der Waals surface area contributed by atoms with Gasteiger partial charge in [-0.15, -0.1) is 0 Å². The summed E-state index contributed by atoms with van der Waals surface area (Å²) in [6.07, 6.45) is 1.03. The zero-order valence-corrected chi connectivity index (χ0v) is 17.3. The predicted octanol–water partition coefficient (Wildman–Crippen LogP) is 0.617. The zero-order chi connectivity index (χ0) is 17.6. The molecule has 3 nitrogen and oxygen atoms in total. The molecule has 1 atom stereocenters. The van der Waals surface area contributed by atoms with Crippen molar-refractivity contribution >= 4 is 22.6 Å². The fourth-order valence-electron chi connectivity index (χ4n) is 3.66. The second kappa shape index (κ2) is 7.33. The number of anilines is 1. The van der Waals surface area contributed by atoms with Crippen LogP contribution in [0.25, 0.3) is 0 Å². The first-order valence-corrected chi connectivity index (χ1v) is 9.58. The molecule has 2 aliphatic rings. The van der Waals surface area contributed by atoms with Gasteiger partial charge < -0.3 is 22.1 Å². The molecule has 0 bridgehead atoms. The van der Waals surface area contributed by atoms with Crippen LogP contribution >= 0.6 is 11.8 Å². The van der Waals surface area contributed by atoms with Gasteiger partial charge in [0, 0.05) is 11.3 Å². The van der Waals surface area contributed by atoms with Gasteiger partial charge in [-0.3, -0.25) is 0 Å². The van der Waals surface area contributed by atoms with Crippen molar-refractivity contribution in [2.75, 3.05) is 23.7 Å². The lowest BCUT2D eigenvalue weighted by atomic mass is 10.0. The molecule has 2 aromatic rings. The Labute approximate surface area is 168 Å². The van der Waals surface area contributed by atoms with Crippen LogP contribution < -0.4 is 21.9 Å². The van der Waals surface area contributed by atoms with Crippen LogP contribution in [0.15, 0.2) is 42.5 Å². The van der Waals surface area contributed by atoms with Crippen LogP contribution in [0.3, 0.4) is 0 Å². The number of nitrogens with zero attached hydrogens (tertiary/aromatic N) is 2. The topological polar surface area (TPSA) is 26.5 Å². The molecule has 1 N–H and O–H groups in total. The number of benzene rings is 2. The highest BCUT2D eigenvalue weighted by Crippen LogP contribution is 2.38. The van der Waals surface area contributed by atoms with Crippen LogP contribution in [0.2, 0.25) is 0 Å². The Morgan fingerprint density at radius 1 is 1.15 bits per heavy atom. The first-order valence-electron chi connectivity index (χ1n) is 8.60. The van der Waals surface area contributed by atoms with Crippen molar-refractivity contribution in [3.8, 4) is 0 Å². The lowest BCUT2D eigenvalue weighted by Gasteiger charge is -2.24. The average Bonchev–Trinajstić information content (AvgIpc) is 2.92. The van der Waals surface area contributed by atoms with Gasteiger partial charge in [-0.2, -0.15) is 0 Å². The maximum absolute atomic E-state index is 13.4. The normalized spacial score (nSPS) is 22.2. The number of rotatable bonds is 2. The van der Waals surface area contributed by atoms with Crippen molar-refractivity contribution in [2.45, 2.75) is 26.0 Å². The maximum atomic E-state index is 13.4. The van der Waals surface area contributed by atoms with E-state index in [0.29, 0.717) is 6.54 Å². The molecule has 6 heteroatoms. The van der Waals surface area contributed by atoms with Gasteiger partial charge in [-0.05, 0) is 73.5 Å². The molecule has 0 aromatic heterocycles. The quantitative estimate of drug-likeness (QED) is 0.698. The molecule has 138 valence electrons. The van der Waals surface area contributed by atoms with E-state index in [1.54, 1.807) is 23.9 Å². The summed E-state index contributed by atoms with van der Waals surface area (Å²) >= 11 is 1.79. The third-order valence-electron chi connectivity index (χ3n) is 5.01. The van der Waals surface area contributed by atoms with Gasteiger partial charge in [0.2, 0.25) is 0 Å². The van der Waals surface area contributed by atoms with Crippen molar-refractivity contribution in [3.63, 3.8) is 0 Å². The summed E-state index contributed by atoms with van der Waals surface area (Å²) in [4.78, 5) is 2.22. The van der Waals surface area contributed by atoms with E-state index in [0.717, 1.165) is 35.1 Å². The number of β-amino-alcohol motifs (C(OH)–C–C–N with tert-alkyl or cyclic N) is 1. The van der Waals surface area contributed by atoms with Crippen LogP contribution in [-0.2, 0) is 5.72 Å². The SMILES string of the molecule is Cc1ccc(C)c(N2CC(O)(c3ccc(F)cc3)[N+]3=C2SCCC3)c1.[Br-]. The van der Waals surface area contributed by atoms with Crippen LogP contribution in [0.1, 0.15) is 23.1 Å². The van der Waals surface area contributed by atoms with E-state index >= 15 is 0 Å². The zero-order valence-electron chi connectivity index (χ0n) is 14.9. The smallest absolute Gasteiger partial charge is 0.316 e. The first kappa shape index (κ1) is 19.4. The van der Waals surface area contributed by atoms with E-state index in [1.807, 2.05) is 0 Å². The summed E-state index contributed by atoms with van der Waals surface area (Å²) in [5.74, 6) is 0.765. The second-order valence-corrected chi connectivity index (χ2v) is 7.90.